The van der Waals surface area contributed by atoms with Gasteiger partial charge in [0.2, 0.25) is 0 Å². The van der Waals surface area contributed by atoms with E-state index in [1.165, 1.54) is 0 Å². The summed E-state index contributed by atoms with van der Waals surface area (Å²) in [6.07, 6.45) is 0.830. The van der Waals surface area contributed by atoms with Gasteiger partial charge < -0.3 is 10.6 Å². The lowest BCUT2D eigenvalue weighted by Crippen LogP contribution is -2.16. The van der Waals surface area contributed by atoms with Crippen LogP contribution in [0.5, 0.6) is 0 Å². The molecule has 3 aromatic carbocycles. The number of carbonyl (C=O) groups excluding carboxylic acids is 2. The number of amides is 2. The summed E-state index contributed by atoms with van der Waals surface area (Å²) >= 11 is 0. The van der Waals surface area contributed by atoms with Crippen molar-refractivity contribution in [1.82, 2.24) is 0 Å². The van der Waals surface area contributed by atoms with Crippen molar-refractivity contribution in [3.8, 4) is 0 Å². The number of hydrogen-bond acceptors (Lipinski definition) is 2. The van der Waals surface area contributed by atoms with Crippen LogP contribution in [0.25, 0.3) is 0 Å². The van der Waals surface area contributed by atoms with Crippen molar-refractivity contribution in [2.24, 2.45) is 0 Å². The van der Waals surface area contributed by atoms with Crippen LogP contribution in [0.15, 0.2) is 72.8 Å². The zero-order chi connectivity index (χ0) is 19.2. The molecule has 3 aromatic rings. The number of para-hydroxylation sites is 2. The molecule has 27 heavy (non-hydrogen) atoms. The molecule has 0 aliphatic rings. The van der Waals surface area contributed by atoms with Crippen LogP contribution in [-0.2, 0) is 6.42 Å². The zero-order valence-corrected chi connectivity index (χ0v) is 15.5. The highest BCUT2D eigenvalue weighted by atomic mass is 16.2. The number of hydrogen-bond donors (Lipinski definition) is 2. The first kappa shape index (κ1) is 18.4. The van der Waals surface area contributed by atoms with Gasteiger partial charge >= 0.3 is 0 Å². The van der Waals surface area contributed by atoms with E-state index in [9.17, 15) is 9.59 Å². The lowest BCUT2D eigenvalue weighted by Gasteiger charge is -2.13. The largest absolute Gasteiger partial charge is 0.322 e. The predicted molar refractivity (Wildman–Crippen MR) is 109 cm³/mol. The van der Waals surface area contributed by atoms with Crippen molar-refractivity contribution in [3.63, 3.8) is 0 Å². The summed E-state index contributed by atoms with van der Waals surface area (Å²) in [5, 5.41) is 5.82. The molecule has 0 heterocycles. The Balaban J connectivity index is 1.79. The first-order chi connectivity index (χ1) is 13.1. The summed E-state index contributed by atoms with van der Waals surface area (Å²) in [5.74, 6) is -0.477. The first-order valence-electron chi connectivity index (χ1n) is 8.94. The van der Waals surface area contributed by atoms with E-state index in [4.69, 9.17) is 0 Å². The van der Waals surface area contributed by atoms with Crippen LogP contribution in [-0.4, -0.2) is 11.8 Å². The molecule has 136 valence electrons. The molecule has 0 unspecified atom stereocenters. The van der Waals surface area contributed by atoms with E-state index in [0.29, 0.717) is 16.8 Å². The lowest BCUT2D eigenvalue weighted by atomic mass is 10.0. The number of anilines is 2. The summed E-state index contributed by atoms with van der Waals surface area (Å²) in [6, 6.07) is 21.9. The first-order valence-corrected chi connectivity index (χ1v) is 8.94. The van der Waals surface area contributed by atoms with E-state index < -0.39 is 0 Å². The number of nitrogens with one attached hydrogen (secondary N) is 2. The molecule has 0 aromatic heterocycles. The van der Waals surface area contributed by atoms with Crippen molar-refractivity contribution in [3.05, 3.63) is 95.1 Å². The zero-order valence-electron chi connectivity index (χ0n) is 15.5. The van der Waals surface area contributed by atoms with E-state index in [1.54, 1.807) is 24.3 Å². The Bertz CT molecular complexity index is 965. The maximum absolute atomic E-state index is 12.7. The Morgan fingerprint density at radius 3 is 2.07 bits per heavy atom. The number of rotatable bonds is 5. The van der Waals surface area contributed by atoms with Gasteiger partial charge in [-0.2, -0.15) is 0 Å². The van der Waals surface area contributed by atoms with Crippen LogP contribution in [0.3, 0.4) is 0 Å². The number of aryl methyl sites for hydroxylation is 2. The normalized spacial score (nSPS) is 10.3. The minimum atomic E-state index is -0.249. The molecule has 0 spiro atoms. The third-order valence-corrected chi connectivity index (χ3v) is 4.40. The predicted octanol–water partition coefficient (Wildman–Crippen LogP) is 5.06. The molecule has 0 radical (unpaired) electrons. The Hall–Kier alpha value is -3.40. The van der Waals surface area contributed by atoms with Gasteiger partial charge in [-0.3, -0.25) is 9.59 Å². The second-order valence-electron chi connectivity index (χ2n) is 6.32. The molecule has 0 bridgehead atoms. The van der Waals surface area contributed by atoms with Gasteiger partial charge in [-0.05, 0) is 54.8 Å². The SMILES string of the molecule is CCc1cccc(C)c1NC(=O)c1cccc(C(=O)Nc2ccccc2)c1. The molecule has 0 saturated carbocycles. The highest BCUT2D eigenvalue weighted by Crippen LogP contribution is 2.22. The second kappa shape index (κ2) is 8.32. The van der Waals surface area contributed by atoms with Crippen LogP contribution in [0.1, 0.15) is 38.8 Å². The molecular formula is C23H22N2O2. The van der Waals surface area contributed by atoms with Crippen molar-refractivity contribution >= 4 is 23.2 Å². The second-order valence-corrected chi connectivity index (χ2v) is 6.32. The van der Waals surface area contributed by atoms with Crippen molar-refractivity contribution < 1.29 is 9.59 Å². The average Bonchev–Trinajstić information content (AvgIpc) is 2.70. The fourth-order valence-corrected chi connectivity index (χ4v) is 2.91. The Kier molecular flexibility index (Phi) is 5.67. The summed E-state index contributed by atoms with van der Waals surface area (Å²) in [7, 11) is 0. The quantitative estimate of drug-likeness (QED) is 0.669. The monoisotopic (exact) mass is 358 g/mol. The van der Waals surface area contributed by atoms with Crippen LogP contribution >= 0.6 is 0 Å². The molecule has 4 heteroatoms. The highest BCUT2D eigenvalue weighted by molar-refractivity contribution is 6.09. The molecule has 0 atom stereocenters. The third-order valence-electron chi connectivity index (χ3n) is 4.40. The molecule has 3 rings (SSSR count). The van der Waals surface area contributed by atoms with E-state index in [0.717, 1.165) is 23.2 Å². The van der Waals surface area contributed by atoms with E-state index in [1.807, 2.05) is 55.5 Å². The van der Waals surface area contributed by atoms with Crippen LogP contribution < -0.4 is 10.6 Å². The van der Waals surface area contributed by atoms with Gasteiger partial charge in [-0.1, -0.05) is 49.4 Å². The van der Waals surface area contributed by atoms with E-state index in [2.05, 4.69) is 17.6 Å². The van der Waals surface area contributed by atoms with Crippen LogP contribution in [0, 0.1) is 6.92 Å². The standard InChI is InChI=1S/C23H22N2O2/c1-3-17-10-7-9-16(2)21(17)25-23(27)19-12-8-11-18(15-19)22(26)24-20-13-5-4-6-14-20/h4-15H,3H2,1-2H3,(H,24,26)(H,25,27). The summed E-state index contributed by atoms with van der Waals surface area (Å²) in [4.78, 5) is 25.2. The third kappa shape index (κ3) is 4.42. The molecule has 4 nitrogen and oxygen atoms in total. The van der Waals surface area contributed by atoms with Gasteiger partial charge in [0.25, 0.3) is 11.8 Å². The van der Waals surface area contributed by atoms with E-state index in [-0.39, 0.29) is 11.8 Å². The van der Waals surface area contributed by atoms with Crippen molar-refractivity contribution in [2.45, 2.75) is 20.3 Å². The van der Waals surface area contributed by atoms with E-state index >= 15 is 0 Å². The Labute approximate surface area is 159 Å². The fraction of sp³-hybridized carbons (Fsp3) is 0.130. The van der Waals surface area contributed by atoms with Gasteiger partial charge in [0, 0.05) is 22.5 Å². The molecule has 0 aliphatic carbocycles. The minimum Gasteiger partial charge on any atom is -0.322 e. The van der Waals surface area contributed by atoms with Crippen LogP contribution in [0.4, 0.5) is 11.4 Å². The molecule has 0 fully saturated rings. The summed E-state index contributed by atoms with van der Waals surface area (Å²) < 4.78 is 0. The van der Waals surface area contributed by atoms with Gasteiger partial charge in [0.05, 0.1) is 0 Å². The molecular weight excluding hydrogens is 336 g/mol. The molecule has 0 aliphatic heterocycles. The Morgan fingerprint density at radius 1 is 0.778 bits per heavy atom. The van der Waals surface area contributed by atoms with Crippen LogP contribution in [0.2, 0.25) is 0 Å². The van der Waals surface area contributed by atoms with Gasteiger partial charge in [0.1, 0.15) is 0 Å². The molecule has 0 saturated heterocycles. The summed E-state index contributed by atoms with van der Waals surface area (Å²) in [6.45, 7) is 4.03. The maximum atomic E-state index is 12.7. The van der Waals surface area contributed by atoms with Crippen molar-refractivity contribution in [1.29, 1.82) is 0 Å². The molecule has 2 N–H and O–H groups in total. The van der Waals surface area contributed by atoms with Crippen molar-refractivity contribution in [2.75, 3.05) is 10.6 Å². The topological polar surface area (TPSA) is 58.2 Å². The van der Waals surface area contributed by atoms with Gasteiger partial charge in [0.15, 0.2) is 0 Å². The van der Waals surface area contributed by atoms with Gasteiger partial charge in [-0.25, -0.2) is 0 Å². The lowest BCUT2D eigenvalue weighted by molar-refractivity contribution is 0.102. The minimum absolute atomic E-state index is 0.228. The number of carbonyl (C=O) groups is 2. The fourth-order valence-electron chi connectivity index (χ4n) is 2.91. The Morgan fingerprint density at radius 2 is 1.41 bits per heavy atom. The highest BCUT2D eigenvalue weighted by Gasteiger charge is 2.13. The molecule has 2 amide bonds. The summed E-state index contributed by atoms with van der Waals surface area (Å²) in [5.41, 5.74) is 4.53. The van der Waals surface area contributed by atoms with Gasteiger partial charge in [-0.15, -0.1) is 0 Å². The maximum Gasteiger partial charge on any atom is 0.255 e. The average molecular weight is 358 g/mol. The smallest absolute Gasteiger partial charge is 0.255 e. The number of benzene rings is 3.